The number of rotatable bonds is 10. The Labute approximate surface area is 123 Å². The first-order valence-corrected chi connectivity index (χ1v) is 7.32. The number of likely N-dealkylation sites (N-methyl/N-ethyl adjacent to an activating group) is 1. The van der Waals surface area contributed by atoms with E-state index in [2.05, 4.69) is 54.6 Å². The summed E-state index contributed by atoms with van der Waals surface area (Å²) in [4.78, 5) is 2.21. The van der Waals surface area contributed by atoms with Gasteiger partial charge in [0, 0.05) is 25.7 Å². The predicted molar refractivity (Wildman–Crippen MR) is 84.8 cm³/mol. The fraction of sp³-hybridized carbons (Fsp3) is 0.625. The first-order chi connectivity index (χ1) is 9.67. The Morgan fingerprint density at radius 1 is 1.25 bits per heavy atom. The van der Waals surface area contributed by atoms with Crippen LogP contribution in [-0.4, -0.2) is 51.8 Å². The number of benzene rings is 1. The van der Waals surface area contributed by atoms with Crippen LogP contribution in [0.25, 0.3) is 0 Å². The number of hydrogen-bond donors (Lipinski definition) is 2. The van der Waals surface area contributed by atoms with Gasteiger partial charge in [-0.15, -0.1) is 0 Å². The third kappa shape index (κ3) is 6.48. The van der Waals surface area contributed by atoms with Crippen molar-refractivity contribution in [2.75, 3.05) is 40.9 Å². The lowest BCUT2D eigenvalue weighted by Crippen LogP contribution is -2.40. The van der Waals surface area contributed by atoms with Crippen molar-refractivity contribution in [3.63, 3.8) is 0 Å². The van der Waals surface area contributed by atoms with Gasteiger partial charge in [0.1, 0.15) is 0 Å². The van der Waals surface area contributed by atoms with Crippen molar-refractivity contribution in [2.24, 2.45) is 5.73 Å². The largest absolute Gasteiger partial charge is 0.383 e. The maximum atomic E-state index is 5.62. The molecule has 0 aliphatic carbocycles. The van der Waals surface area contributed by atoms with Crippen molar-refractivity contribution in [3.05, 3.63) is 35.9 Å². The van der Waals surface area contributed by atoms with Gasteiger partial charge in [-0.25, -0.2) is 0 Å². The molecule has 1 aromatic carbocycles. The second-order valence-corrected chi connectivity index (χ2v) is 5.48. The van der Waals surface area contributed by atoms with E-state index in [0.29, 0.717) is 12.1 Å². The van der Waals surface area contributed by atoms with Crippen LogP contribution in [0.4, 0.5) is 0 Å². The van der Waals surface area contributed by atoms with E-state index in [-0.39, 0.29) is 0 Å². The van der Waals surface area contributed by atoms with Gasteiger partial charge in [0.05, 0.1) is 6.61 Å². The van der Waals surface area contributed by atoms with Crippen LogP contribution in [0.1, 0.15) is 24.4 Å². The highest BCUT2D eigenvalue weighted by Crippen LogP contribution is 2.15. The van der Waals surface area contributed by atoms with E-state index in [1.165, 1.54) is 5.56 Å². The molecular formula is C16H29N3O. The zero-order chi connectivity index (χ0) is 14.8. The molecule has 0 aliphatic heterocycles. The van der Waals surface area contributed by atoms with Gasteiger partial charge in [0.25, 0.3) is 0 Å². The van der Waals surface area contributed by atoms with Crippen LogP contribution < -0.4 is 11.1 Å². The molecular weight excluding hydrogens is 250 g/mol. The molecule has 0 radical (unpaired) electrons. The summed E-state index contributed by atoms with van der Waals surface area (Å²) in [6, 6.07) is 11.2. The quantitative estimate of drug-likeness (QED) is 0.683. The Morgan fingerprint density at radius 3 is 2.50 bits per heavy atom. The molecule has 0 fully saturated rings. The molecule has 1 rings (SSSR count). The number of nitrogens with two attached hydrogens (primary N) is 1. The molecule has 0 saturated heterocycles. The Morgan fingerprint density at radius 2 is 1.95 bits per heavy atom. The molecule has 114 valence electrons. The Balaban J connectivity index is 2.71. The zero-order valence-corrected chi connectivity index (χ0v) is 13.0. The number of nitrogens with zero attached hydrogens (tertiary/aromatic N) is 1. The summed E-state index contributed by atoms with van der Waals surface area (Å²) in [6.45, 7) is 2.41. The molecule has 2 atom stereocenters. The highest BCUT2D eigenvalue weighted by molar-refractivity contribution is 5.19. The summed E-state index contributed by atoms with van der Waals surface area (Å²) in [7, 11) is 5.95. The summed E-state index contributed by atoms with van der Waals surface area (Å²) in [5.41, 5.74) is 6.93. The summed E-state index contributed by atoms with van der Waals surface area (Å²) in [5.74, 6) is 0. The third-order valence-electron chi connectivity index (χ3n) is 3.31. The highest BCUT2D eigenvalue weighted by atomic mass is 16.5. The maximum absolute atomic E-state index is 5.62. The monoisotopic (exact) mass is 279 g/mol. The molecule has 0 amide bonds. The molecule has 20 heavy (non-hydrogen) atoms. The summed E-state index contributed by atoms with van der Waals surface area (Å²) < 4.78 is 5.33. The van der Waals surface area contributed by atoms with E-state index in [9.17, 15) is 0 Å². The standard InChI is InChI=1S/C16H29N3O/c1-19(2)12-16(14-8-5-4-6-9-14)18-15(13-20-3)10-7-11-17/h4-6,8-9,15-16,18H,7,10-13,17H2,1-3H3. The van der Waals surface area contributed by atoms with Gasteiger partial charge < -0.3 is 20.7 Å². The molecule has 0 spiro atoms. The summed E-state index contributed by atoms with van der Waals surface area (Å²) >= 11 is 0. The van der Waals surface area contributed by atoms with Crippen LogP contribution in [0.3, 0.4) is 0 Å². The number of ether oxygens (including phenoxy) is 1. The molecule has 2 unspecified atom stereocenters. The van der Waals surface area contributed by atoms with Crippen molar-refractivity contribution < 1.29 is 4.74 Å². The van der Waals surface area contributed by atoms with Gasteiger partial charge in [0.15, 0.2) is 0 Å². The minimum Gasteiger partial charge on any atom is -0.383 e. The average Bonchev–Trinajstić information content (AvgIpc) is 2.44. The Hall–Kier alpha value is -0.940. The van der Waals surface area contributed by atoms with Gasteiger partial charge in [-0.1, -0.05) is 30.3 Å². The lowest BCUT2D eigenvalue weighted by molar-refractivity contribution is 0.151. The third-order valence-corrected chi connectivity index (χ3v) is 3.31. The molecule has 4 heteroatoms. The zero-order valence-electron chi connectivity index (χ0n) is 13.0. The fourth-order valence-corrected chi connectivity index (χ4v) is 2.37. The summed E-state index contributed by atoms with van der Waals surface area (Å²) in [5, 5.41) is 3.72. The first kappa shape index (κ1) is 17.1. The van der Waals surface area contributed by atoms with Crippen LogP contribution in [0.5, 0.6) is 0 Å². The normalized spacial score (nSPS) is 14.4. The Kier molecular flexibility index (Phi) is 8.46. The molecule has 0 aromatic heterocycles. The minimum absolute atomic E-state index is 0.309. The fourth-order valence-electron chi connectivity index (χ4n) is 2.37. The second-order valence-electron chi connectivity index (χ2n) is 5.48. The van der Waals surface area contributed by atoms with Crippen LogP contribution >= 0.6 is 0 Å². The minimum atomic E-state index is 0.309. The topological polar surface area (TPSA) is 50.5 Å². The van der Waals surface area contributed by atoms with Gasteiger partial charge in [-0.3, -0.25) is 0 Å². The van der Waals surface area contributed by atoms with Crippen molar-refractivity contribution in [1.82, 2.24) is 10.2 Å². The van der Waals surface area contributed by atoms with E-state index in [1.54, 1.807) is 7.11 Å². The Bertz CT molecular complexity index is 343. The van der Waals surface area contributed by atoms with Crippen molar-refractivity contribution in [1.29, 1.82) is 0 Å². The molecule has 4 nitrogen and oxygen atoms in total. The van der Waals surface area contributed by atoms with Crippen LogP contribution in [0.2, 0.25) is 0 Å². The molecule has 0 bridgehead atoms. The van der Waals surface area contributed by atoms with Gasteiger partial charge in [-0.2, -0.15) is 0 Å². The molecule has 3 N–H and O–H groups in total. The molecule has 0 saturated carbocycles. The number of methoxy groups -OCH3 is 1. The van der Waals surface area contributed by atoms with Crippen LogP contribution in [0, 0.1) is 0 Å². The van der Waals surface area contributed by atoms with Crippen molar-refractivity contribution in [2.45, 2.75) is 24.9 Å². The average molecular weight is 279 g/mol. The molecule has 0 aliphatic rings. The SMILES string of the molecule is COCC(CCCN)NC(CN(C)C)c1ccccc1. The smallest absolute Gasteiger partial charge is 0.0616 e. The summed E-state index contributed by atoms with van der Waals surface area (Å²) in [6.07, 6.45) is 2.06. The second kappa shape index (κ2) is 9.88. The first-order valence-electron chi connectivity index (χ1n) is 7.32. The van der Waals surface area contributed by atoms with Crippen molar-refractivity contribution in [3.8, 4) is 0 Å². The van der Waals surface area contributed by atoms with Crippen molar-refractivity contribution >= 4 is 0 Å². The number of nitrogens with one attached hydrogen (secondary N) is 1. The van der Waals surface area contributed by atoms with Crippen LogP contribution in [0.15, 0.2) is 30.3 Å². The van der Waals surface area contributed by atoms with E-state index >= 15 is 0 Å². The van der Waals surface area contributed by atoms with E-state index < -0.39 is 0 Å². The van der Waals surface area contributed by atoms with E-state index in [0.717, 1.165) is 32.5 Å². The molecule has 1 aromatic rings. The van der Waals surface area contributed by atoms with Gasteiger partial charge >= 0.3 is 0 Å². The highest BCUT2D eigenvalue weighted by Gasteiger charge is 2.17. The maximum Gasteiger partial charge on any atom is 0.0616 e. The number of hydrogen-bond acceptors (Lipinski definition) is 4. The van der Waals surface area contributed by atoms with Crippen LogP contribution in [-0.2, 0) is 4.74 Å². The van der Waals surface area contributed by atoms with E-state index in [4.69, 9.17) is 10.5 Å². The predicted octanol–water partition coefficient (Wildman–Crippen LogP) is 1.63. The lowest BCUT2D eigenvalue weighted by Gasteiger charge is -2.28. The van der Waals surface area contributed by atoms with E-state index in [1.807, 2.05) is 0 Å². The van der Waals surface area contributed by atoms with Gasteiger partial charge in [0.2, 0.25) is 0 Å². The lowest BCUT2D eigenvalue weighted by atomic mass is 10.0. The molecule has 0 heterocycles. The van der Waals surface area contributed by atoms with Gasteiger partial charge in [-0.05, 0) is 39.0 Å².